The zero-order valence-corrected chi connectivity index (χ0v) is 25.2. The highest BCUT2D eigenvalue weighted by Gasteiger charge is 2.32. The van der Waals surface area contributed by atoms with Gasteiger partial charge in [0.15, 0.2) is 0 Å². The van der Waals surface area contributed by atoms with Gasteiger partial charge >= 0.3 is 0 Å². The average Bonchev–Trinajstić information content (AvgIpc) is 3.58. The monoisotopic (exact) mass is 600 g/mol. The molecular formula is C36H32N4O5. The second-order valence-electron chi connectivity index (χ2n) is 12.0. The van der Waals surface area contributed by atoms with Crippen LogP contribution in [0, 0.1) is 6.92 Å². The van der Waals surface area contributed by atoms with Crippen LogP contribution >= 0.6 is 0 Å². The number of anilines is 1. The summed E-state index contributed by atoms with van der Waals surface area (Å²) in [5.74, 6) is 2.65. The molecule has 1 aliphatic carbocycles. The summed E-state index contributed by atoms with van der Waals surface area (Å²) in [6, 6.07) is 29.6. The van der Waals surface area contributed by atoms with Gasteiger partial charge < -0.3 is 19.2 Å². The van der Waals surface area contributed by atoms with E-state index in [4.69, 9.17) is 13.9 Å². The van der Waals surface area contributed by atoms with Crippen molar-refractivity contribution >= 4 is 17.5 Å². The molecule has 2 heterocycles. The molecule has 0 saturated heterocycles. The van der Waals surface area contributed by atoms with Gasteiger partial charge in [0.05, 0.1) is 11.1 Å². The van der Waals surface area contributed by atoms with Crippen molar-refractivity contribution in [1.82, 2.24) is 15.5 Å². The van der Waals surface area contributed by atoms with Crippen LogP contribution in [-0.2, 0) is 5.41 Å². The second-order valence-corrected chi connectivity index (χ2v) is 12.0. The molecule has 2 N–H and O–H groups in total. The van der Waals surface area contributed by atoms with E-state index in [-0.39, 0.29) is 29.4 Å². The number of amides is 2. The Kier molecular flexibility index (Phi) is 7.08. The van der Waals surface area contributed by atoms with Gasteiger partial charge in [0, 0.05) is 42.5 Å². The number of aromatic nitrogens is 2. The largest absolute Gasteiger partial charge is 0.490 e. The highest BCUT2D eigenvalue weighted by Crippen LogP contribution is 2.36. The summed E-state index contributed by atoms with van der Waals surface area (Å²) >= 11 is 0. The molecule has 0 unspecified atom stereocenters. The Morgan fingerprint density at radius 3 is 2.00 bits per heavy atom. The molecule has 4 aromatic carbocycles. The molecule has 0 radical (unpaired) electrons. The number of fused-ring (bicyclic) bond motifs is 1. The predicted octanol–water partition coefficient (Wildman–Crippen LogP) is 7.07. The van der Waals surface area contributed by atoms with E-state index >= 15 is 0 Å². The van der Waals surface area contributed by atoms with Crippen molar-refractivity contribution in [2.24, 2.45) is 0 Å². The number of rotatable bonds is 9. The summed E-state index contributed by atoms with van der Waals surface area (Å²) < 4.78 is 17.8. The van der Waals surface area contributed by atoms with Gasteiger partial charge in [-0.25, -0.2) is 0 Å². The SMILES string of the molecule is Cc1nnc(-c2ccc(Oc3ccc(C(C)(C)c4ccc(OC5CC(Nc6ccc7c(c6)C(=O)NC7=O)C5)cc4)cc3)cc2)o1. The van der Waals surface area contributed by atoms with Crippen molar-refractivity contribution < 1.29 is 23.5 Å². The Bertz CT molecular complexity index is 1870. The molecule has 0 spiro atoms. The number of hydrogen-bond donors (Lipinski definition) is 2. The van der Waals surface area contributed by atoms with Crippen LogP contribution in [0.3, 0.4) is 0 Å². The van der Waals surface area contributed by atoms with Gasteiger partial charge in [0.25, 0.3) is 11.8 Å². The quantitative estimate of drug-likeness (QED) is 0.173. The maximum Gasteiger partial charge on any atom is 0.259 e. The maximum atomic E-state index is 11.9. The summed E-state index contributed by atoms with van der Waals surface area (Å²) in [7, 11) is 0. The Balaban J connectivity index is 0.919. The van der Waals surface area contributed by atoms with Gasteiger partial charge in [0.1, 0.15) is 23.4 Å². The molecule has 9 nitrogen and oxygen atoms in total. The first-order valence-electron chi connectivity index (χ1n) is 14.9. The maximum absolute atomic E-state index is 11.9. The van der Waals surface area contributed by atoms with Gasteiger partial charge in [0.2, 0.25) is 11.8 Å². The van der Waals surface area contributed by atoms with E-state index in [1.807, 2.05) is 54.6 Å². The van der Waals surface area contributed by atoms with Crippen molar-refractivity contribution in [1.29, 1.82) is 0 Å². The number of nitrogens with one attached hydrogen (secondary N) is 2. The number of aryl methyl sites for hydroxylation is 1. The molecule has 1 saturated carbocycles. The van der Waals surface area contributed by atoms with Crippen LogP contribution in [0.5, 0.6) is 17.2 Å². The third-order valence-electron chi connectivity index (χ3n) is 8.52. The molecule has 0 bridgehead atoms. The van der Waals surface area contributed by atoms with Crippen molar-refractivity contribution in [2.75, 3.05) is 5.32 Å². The number of imide groups is 1. The van der Waals surface area contributed by atoms with E-state index in [2.05, 4.69) is 58.9 Å². The summed E-state index contributed by atoms with van der Waals surface area (Å²) in [5.41, 5.74) is 4.66. The van der Waals surface area contributed by atoms with Gasteiger partial charge in [-0.1, -0.05) is 38.1 Å². The normalized spacial score (nSPS) is 17.3. The molecule has 1 aromatic heterocycles. The van der Waals surface area contributed by atoms with E-state index < -0.39 is 0 Å². The third-order valence-corrected chi connectivity index (χ3v) is 8.52. The summed E-state index contributed by atoms with van der Waals surface area (Å²) in [4.78, 5) is 23.7. The van der Waals surface area contributed by atoms with E-state index in [0.717, 1.165) is 41.3 Å². The number of ether oxygens (including phenoxy) is 2. The molecule has 45 heavy (non-hydrogen) atoms. The average molecular weight is 601 g/mol. The summed E-state index contributed by atoms with van der Waals surface area (Å²) in [6.07, 6.45) is 1.83. The predicted molar refractivity (Wildman–Crippen MR) is 169 cm³/mol. The third kappa shape index (κ3) is 5.76. The zero-order chi connectivity index (χ0) is 31.1. The lowest BCUT2D eigenvalue weighted by Crippen LogP contribution is -2.42. The lowest BCUT2D eigenvalue weighted by atomic mass is 9.78. The molecule has 5 aromatic rings. The molecular weight excluding hydrogens is 568 g/mol. The topological polar surface area (TPSA) is 116 Å². The fraction of sp³-hybridized carbons (Fsp3) is 0.222. The first-order chi connectivity index (χ1) is 21.7. The highest BCUT2D eigenvalue weighted by molar-refractivity contribution is 6.21. The van der Waals surface area contributed by atoms with Crippen molar-refractivity contribution in [3.63, 3.8) is 0 Å². The Labute approximate surface area is 260 Å². The Hall–Kier alpha value is -5.44. The highest BCUT2D eigenvalue weighted by atomic mass is 16.5. The van der Waals surface area contributed by atoms with Crippen LogP contribution in [0.15, 0.2) is 95.4 Å². The molecule has 7 rings (SSSR count). The van der Waals surface area contributed by atoms with Gasteiger partial charge in [-0.3, -0.25) is 14.9 Å². The zero-order valence-electron chi connectivity index (χ0n) is 25.2. The minimum Gasteiger partial charge on any atom is -0.490 e. The van der Waals surface area contributed by atoms with Crippen molar-refractivity contribution in [2.45, 2.75) is 51.2 Å². The van der Waals surface area contributed by atoms with Crippen molar-refractivity contribution in [3.05, 3.63) is 119 Å². The van der Waals surface area contributed by atoms with Crippen LogP contribution in [0.4, 0.5) is 5.69 Å². The summed E-state index contributed by atoms with van der Waals surface area (Å²) in [6.45, 7) is 6.18. The molecule has 1 aliphatic heterocycles. The number of carbonyl (C=O) groups is 2. The van der Waals surface area contributed by atoms with Crippen LogP contribution in [0.25, 0.3) is 11.5 Å². The van der Waals surface area contributed by atoms with Crippen LogP contribution in [0.1, 0.15) is 64.4 Å². The minimum absolute atomic E-state index is 0.118. The summed E-state index contributed by atoms with van der Waals surface area (Å²) in [5, 5.41) is 13.7. The van der Waals surface area contributed by atoms with E-state index in [0.29, 0.717) is 22.9 Å². The fourth-order valence-electron chi connectivity index (χ4n) is 5.74. The smallest absolute Gasteiger partial charge is 0.259 e. The van der Waals surface area contributed by atoms with E-state index in [1.54, 1.807) is 19.1 Å². The molecule has 9 heteroatoms. The van der Waals surface area contributed by atoms with Gasteiger partial charge in [-0.15, -0.1) is 10.2 Å². The number of hydrogen-bond acceptors (Lipinski definition) is 8. The van der Waals surface area contributed by atoms with Gasteiger partial charge in [-0.2, -0.15) is 0 Å². The molecule has 2 amide bonds. The standard InChI is InChI=1S/C36H32N4O5/c1-21-39-40-35(43-21)22-4-11-27(12-5-22)44-28-13-6-23(7-14-28)36(2,3)24-8-15-29(16-9-24)45-30-18-26(19-30)37-25-10-17-31-32(20-25)34(42)38-33(31)41/h4-17,20,26,30,37H,18-19H2,1-3H3,(H,38,41,42). The molecule has 0 atom stereocenters. The van der Waals surface area contributed by atoms with E-state index in [9.17, 15) is 9.59 Å². The Morgan fingerprint density at radius 1 is 0.778 bits per heavy atom. The molecule has 1 fully saturated rings. The lowest BCUT2D eigenvalue weighted by Gasteiger charge is -2.36. The fourth-order valence-corrected chi connectivity index (χ4v) is 5.74. The van der Waals surface area contributed by atoms with Crippen LogP contribution in [-0.4, -0.2) is 34.2 Å². The van der Waals surface area contributed by atoms with Gasteiger partial charge in [-0.05, 0) is 77.9 Å². The van der Waals surface area contributed by atoms with Crippen molar-refractivity contribution in [3.8, 4) is 28.7 Å². The van der Waals surface area contributed by atoms with E-state index in [1.165, 1.54) is 11.1 Å². The number of nitrogens with zero attached hydrogens (tertiary/aromatic N) is 2. The first-order valence-corrected chi connectivity index (χ1v) is 14.9. The lowest BCUT2D eigenvalue weighted by molar-refractivity contribution is 0.0879. The Morgan fingerprint density at radius 2 is 1.38 bits per heavy atom. The number of benzene rings is 4. The first kappa shape index (κ1) is 28.3. The molecule has 226 valence electrons. The second kappa shape index (κ2) is 11.2. The number of carbonyl (C=O) groups excluding carboxylic acids is 2. The molecule has 2 aliphatic rings. The van der Waals surface area contributed by atoms with Crippen LogP contribution in [0.2, 0.25) is 0 Å². The van der Waals surface area contributed by atoms with Crippen LogP contribution < -0.4 is 20.1 Å². The minimum atomic E-state index is -0.346.